The molecular formula is C7H11NO2. The van der Waals surface area contributed by atoms with Gasteiger partial charge in [-0.1, -0.05) is 0 Å². The van der Waals surface area contributed by atoms with Crippen LogP contribution in [0.1, 0.15) is 20.3 Å². The standard InChI is InChI=1S/C7H11NO2/c1-7(2)9-4-3-6(5-8)10-7/h6H,3-4H2,1-2H3. The van der Waals surface area contributed by atoms with Crippen molar-refractivity contribution < 1.29 is 9.47 Å². The van der Waals surface area contributed by atoms with Crippen molar-refractivity contribution >= 4 is 0 Å². The van der Waals surface area contributed by atoms with E-state index in [9.17, 15) is 0 Å². The Morgan fingerprint density at radius 1 is 1.60 bits per heavy atom. The maximum Gasteiger partial charge on any atom is 0.164 e. The van der Waals surface area contributed by atoms with Gasteiger partial charge in [-0.25, -0.2) is 0 Å². The van der Waals surface area contributed by atoms with Crippen LogP contribution < -0.4 is 0 Å². The van der Waals surface area contributed by atoms with Gasteiger partial charge in [0.25, 0.3) is 0 Å². The van der Waals surface area contributed by atoms with Gasteiger partial charge in [-0.3, -0.25) is 0 Å². The molecule has 1 rings (SSSR count). The average Bonchev–Trinajstić information content (AvgIpc) is 1.86. The summed E-state index contributed by atoms with van der Waals surface area (Å²) in [5, 5.41) is 8.49. The van der Waals surface area contributed by atoms with E-state index in [1.54, 1.807) is 0 Å². The molecule has 0 aromatic rings. The van der Waals surface area contributed by atoms with Gasteiger partial charge in [-0.2, -0.15) is 5.26 Å². The van der Waals surface area contributed by atoms with Crippen LogP contribution in [0.2, 0.25) is 0 Å². The van der Waals surface area contributed by atoms with E-state index in [1.807, 2.05) is 13.8 Å². The zero-order chi connectivity index (χ0) is 7.61. The highest BCUT2D eigenvalue weighted by molar-refractivity contribution is 4.87. The van der Waals surface area contributed by atoms with Crippen molar-refractivity contribution in [1.82, 2.24) is 0 Å². The van der Waals surface area contributed by atoms with Gasteiger partial charge in [0.05, 0.1) is 12.7 Å². The van der Waals surface area contributed by atoms with Crippen LogP contribution in [0, 0.1) is 11.3 Å². The largest absolute Gasteiger partial charge is 0.350 e. The van der Waals surface area contributed by atoms with Crippen molar-refractivity contribution in [3.63, 3.8) is 0 Å². The Balaban J connectivity index is 2.49. The zero-order valence-electron chi connectivity index (χ0n) is 6.26. The molecule has 0 aromatic carbocycles. The van der Waals surface area contributed by atoms with Crippen molar-refractivity contribution in [3.05, 3.63) is 0 Å². The molecule has 0 saturated carbocycles. The fraction of sp³-hybridized carbons (Fsp3) is 0.857. The number of hydrogen-bond acceptors (Lipinski definition) is 3. The van der Waals surface area contributed by atoms with E-state index in [0.29, 0.717) is 13.0 Å². The monoisotopic (exact) mass is 141 g/mol. The lowest BCUT2D eigenvalue weighted by molar-refractivity contribution is -0.261. The van der Waals surface area contributed by atoms with Crippen LogP contribution in [0.15, 0.2) is 0 Å². The molecule has 10 heavy (non-hydrogen) atoms. The van der Waals surface area contributed by atoms with E-state index in [-0.39, 0.29) is 6.10 Å². The predicted molar refractivity (Wildman–Crippen MR) is 35.1 cm³/mol. The first-order chi connectivity index (χ1) is 4.64. The van der Waals surface area contributed by atoms with Crippen LogP contribution >= 0.6 is 0 Å². The molecule has 1 unspecified atom stereocenters. The summed E-state index contributed by atoms with van der Waals surface area (Å²) in [5.74, 6) is -0.571. The van der Waals surface area contributed by atoms with Crippen LogP contribution in [0.4, 0.5) is 0 Å². The Morgan fingerprint density at radius 3 is 2.70 bits per heavy atom. The first kappa shape index (κ1) is 7.52. The summed E-state index contributed by atoms with van der Waals surface area (Å²) in [6.07, 6.45) is 0.392. The second-order valence-corrected chi connectivity index (χ2v) is 2.77. The molecule has 0 spiro atoms. The van der Waals surface area contributed by atoms with Gasteiger partial charge in [-0.15, -0.1) is 0 Å². The summed E-state index contributed by atoms with van der Waals surface area (Å²) in [5.41, 5.74) is 0. The molecule has 0 N–H and O–H groups in total. The van der Waals surface area contributed by atoms with Gasteiger partial charge in [0.1, 0.15) is 6.10 Å². The topological polar surface area (TPSA) is 42.2 Å². The summed E-state index contributed by atoms with van der Waals surface area (Å²) < 4.78 is 10.5. The van der Waals surface area contributed by atoms with E-state index in [0.717, 1.165) is 0 Å². The lowest BCUT2D eigenvalue weighted by atomic mass is 10.2. The van der Waals surface area contributed by atoms with Crippen LogP contribution in [0.25, 0.3) is 0 Å². The maximum atomic E-state index is 8.49. The van der Waals surface area contributed by atoms with Gasteiger partial charge < -0.3 is 9.47 Å². The lowest BCUT2D eigenvalue weighted by Gasteiger charge is -2.32. The smallest absolute Gasteiger partial charge is 0.164 e. The van der Waals surface area contributed by atoms with Crippen LogP contribution in [-0.4, -0.2) is 18.5 Å². The van der Waals surface area contributed by atoms with E-state index in [4.69, 9.17) is 14.7 Å². The van der Waals surface area contributed by atoms with Gasteiger partial charge in [0.2, 0.25) is 0 Å². The molecule has 1 fully saturated rings. The Labute approximate surface area is 60.5 Å². The van der Waals surface area contributed by atoms with E-state index >= 15 is 0 Å². The number of nitrogens with zero attached hydrogens (tertiary/aromatic N) is 1. The number of hydrogen-bond donors (Lipinski definition) is 0. The molecule has 1 saturated heterocycles. The Kier molecular flexibility index (Phi) is 1.93. The van der Waals surface area contributed by atoms with Crippen molar-refractivity contribution in [2.24, 2.45) is 0 Å². The van der Waals surface area contributed by atoms with Gasteiger partial charge >= 0.3 is 0 Å². The van der Waals surface area contributed by atoms with Crippen molar-refractivity contribution in [3.8, 4) is 6.07 Å². The Hall–Kier alpha value is -0.590. The molecule has 0 radical (unpaired) electrons. The predicted octanol–water partition coefficient (Wildman–Crippen LogP) is 1.05. The third kappa shape index (κ3) is 1.69. The summed E-state index contributed by atoms with van der Waals surface area (Å²) in [7, 11) is 0. The van der Waals surface area contributed by atoms with Crippen molar-refractivity contribution in [2.75, 3.05) is 6.61 Å². The molecular weight excluding hydrogens is 130 g/mol. The minimum Gasteiger partial charge on any atom is -0.350 e. The van der Waals surface area contributed by atoms with E-state index < -0.39 is 5.79 Å². The van der Waals surface area contributed by atoms with Crippen molar-refractivity contribution in [1.29, 1.82) is 5.26 Å². The quantitative estimate of drug-likeness (QED) is 0.506. The molecule has 3 nitrogen and oxygen atoms in total. The molecule has 56 valence electrons. The SMILES string of the molecule is CC1(C)OCCC(C#N)O1. The minimum absolute atomic E-state index is 0.288. The second kappa shape index (κ2) is 2.57. The summed E-state index contributed by atoms with van der Waals surface area (Å²) in [4.78, 5) is 0. The highest BCUT2D eigenvalue weighted by Gasteiger charge is 2.28. The van der Waals surface area contributed by atoms with E-state index in [1.165, 1.54) is 0 Å². The lowest BCUT2D eigenvalue weighted by Crippen LogP contribution is -2.38. The van der Waals surface area contributed by atoms with Gasteiger partial charge in [0.15, 0.2) is 5.79 Å². The maximum absolute atomic E-state index is 8.49. The highest BCUT2D eigenvalue weighted by Crippen LogP contribution is 2.20. The van der Waals surface area contributed by atoms with Crippen LogP contribution in [-0.2, 0) is 9.47 Å². The van der Waals surface area contributed by atoms with Gasteiger partial charge in [-0.05, 0) is 13.8 Å². The molecule has 0 amide bonds. The third-order valence-electron chi connectivity index (χ3n) is 1.40. The summed E-state index contributed by atoms with van der Waals surface area (Å²) in [6, 6.07) is 2.06. The van der Waals surface area contributed by atoms with E-state index in [2.05, 4.69) is 6.07 Å². The zero-order valence-corrected chi connectivity index (χ0v) is 6.26. The number of ether oxygens (including phenoxy) is 2. The summed E-state index contributed by atoms with van der Waals surface area (Å²) >= 11 is 0. The van der Waals surface area contributed by atoms with Gasteiger partial charge in [0, 0.05) is 6.42 Å². The van der Waals surface area contributed by atoms with Crippen LogP contribution in [0.3, 0.4) is 0 Å². The fourth-order valence-electron chi connectivity index (χ4n) is 0.938. The third-order valence-corrected chi connectivity index (χ3v) is 1.40. The minimum atomic E-state index is -0.571. The van der Waals surface area contributed by atoms with Crippen LogP contribution in [0.5, 0.6) is 0 Å². The molecule has 0 aliphatic carbocycles. The number of rotatable bonds is 0. The molecule has 0 bridgehead atoms. The highest BCUT2D eigenvalue weighted by atomic mass is 16.7. The average molecular weight is 141 g/mol. The van der Waals surface area contributed by atoms with Crippen molar-refractivity contribution in [2.45, 2.75) is 32.2 Å². The normalized spacial score (nSPS) is 31.1. The Morgan fingerprint density at radius 2 is 2.30 bits per heavy atom. The first-order valence-corrected chi connectivity index (χ1v) is 3.35. The molecule has 1 aliphatic rings. The fourth-order valence-corrected chi connectivity index (χ4v) is 0.938. The first-order valence-electron chi connectivity index (χ1n) is 3.35. The Bertz CT molecular complexity index is 159. The molecule has 0 aromatic heterocycles. The summed E-state index contributed by atoms with van der Waals surface area (Å²) in [6.45, 7) is 4.25. The molecule has 1 heterocycles. The molecule has 1 aliphatic heterocycles. The second-order valence-electron chi connectivity index (χ2n) is 2.77. The number of nitriles is 1. The molecule has 1 atom stereocenters. The molecule has 3 heteroatoms.